The van der Waals surface area contributed by atoms with Gasteiger partial charge in [-0.25, -0.2) is 8.42 Å². The molecule has 3 aromatic rings. The van der Waals surface area contributed by atoms with Crippen LogP contribution in [0.3, 0.4) is 0 Å². The minimum absolute atomic E-state index is 0.119. The number of methoxy groups -OCH3 is 1. The smallest absolute Gasteiger partial charge is 0.262 e. The van der Waals surface area contributed by atoms with Crippen LogP contribution in [0.2, 0.25) is 0 Å². The van der Waals surface area contributed by atoms with Crippen molar-refractivity contribution in [1.29, 1.82) is 0 Å². The van der Waals surface area contributed by atoms with Crippen molar-refractivity contribution in [3.05, 3.63) is 71.3 Å². The molecule has 7 nitrogen and oxygen atoms in total. The van der Waals surface area contributed by atoms with Gasteiger partial charge in [0.15, 0.2) is 5.75 Å². The van der Waals surface area contributed by atoms with Gasteiger partial charge in [0.25, 0.3) is 15.9 Å². The summed E-state index contributed by atoms with van der Waals surface area (Å²) in [4.78, 5) is 15.0. The molecule has 0 radical (unpaired) electrons. The second kappa shape index (κ2) is 8.20. The number of benzene rings is 3. The van der Waals surface area contributed by atoms with Gasteiger partial charge in [-0.1, -0.05) is 12.1 Å². The highest BCUT2D eigenvalue weighted by molar-refractivity contribution is 7.92. The molecule has 0 bridgehead atoms. The van der Waals surface area contributed by atoms with Crippen molar-refractivity contribution in [2.75, 3.05) is 23.3 Å². The lowest BCUT2D eigenvalue weighted by Gasteiger charge is -2.20. The summed E-state index contributed by atoms with van der Waals surface area (Å²) in [6.45, 7) is 5.90. The summed E-state index contributed by atoms with van der Waals surface area (Å²) in [6, 6.07) is 15.1. The topological polar surface area (TPSA) is 84.9 Å². The number of amides is 1. The molecular weight excluding hydrogens is 428 g/mol. The van der Waals surface area contributed by atoms with Crippen LogP contribution >= 0.6 is 0 Å². The Morgan fingerprint density at radius 3 is 2.34 bits per heavy atom. The van der Waals surface area contributed by atoms with Gasteiger partial charge >= 0.3 is 0 Å². The first kappa shape index (κ1) is 21.7. The van der Waals surface area contributed by atoms with E-state index in [1.54, 1.807) is 56.2 Å². The molecule has 0 aromatic heterocycles. The maximum atomic E-state index is 13.2. The van der Waals surface area contributed by atoms with E-state index in [1.165, 1.54) is 6.07 Å². The molecule has 0 saturated heterocycles. The Labute approximate surface area is 187 Å². The zero-order chi connectivity index (χ0) is 23.0. The third-order valence-corrected chi connectivity index (χ3v) is 6.71. The van der Waals surface area contributed by atoms with Gasteiger partial charge in [0, 0.05) is 12.2 Å². The zero-order valence-electron chi connectivity index (χ0n) is 18.3. The normalized spacial score (nSPS) is 13.0. The highest BCUT2D eigenvalue weighted by Crippen LogP contribution is 2.39. The third kappa shape index (κ3) is 3.78. The number of fused-ring (bicyclic) bond motifs is 2. The molecule has 1 amide bonds. The van der Waals surface area contributed by atoms with Gasteiger partial charge in [0.05, 0.1) is 23.3 Å². The van der Waals surface area contributed by atoms with E-state index in [0.717, 1.165) is 11.1 Å². The van der Waals surface area contributed by atoms with E-state index in [1.807, 2.05) is 25.1 Å². The van der Waals surface area contributed by atoms with E-state index < -0.39 is 10.0 Å². The Kier molecular flexibility index (Phi) is 5.56. The molecule has 0 aliphatic carbocycles. The molecule has 1 heterocycles. The van der Waals surface area contributed by atoms with Gasteiger partial charge in [0.2, 0.25) is 0 Å². The van der Waals surface area contributed by atoms with Crippen LogP contribution in [0.25, 0.3) is 0 Å². The lowest BCUT2D eigenvalue weighted by atomic mass is 10.1. The first-order valence-electron chi connectivity index (χ1n) is 10.2. The Hall–Kier alpha value is -3.52. The highest BCUT2D eigenvalue weighted by atomic mass is 32.2. The summed E-state index contributed by atoms with van der Waals surface area (Å²) in [6.07, 6.45) is 0. The van der Waals surface area contributed by atoms with Gasteiger partial charge in [0.1, 0.15) is 11.5 Å². The van der Waals surface area contributed by atoms with Gasteiger partial charge in [-0.2, -0.15) is 0 Å². The first-order valence-corrected chi connectivity index (χ1v) is 11.6. The number of hydrogen-bond acceptors (Lipinski definition) is 5. The number of nitrogens with zero attached hydrogens (tertiary/aromatic N) is 1. The van der Waals surface area contributed by atoms with Crippen molar-refractivity contribution < 1.29 is 22.7 Å². The molecule has 32 heavy (non-hydrogen) atoms. The molecule has 166 valence electrons. The van der Waals surface area contributed by atoms with E-state index in [9.17, 15) is 13.2 Å². The molecule has 0 spiro atoms. The van der Waals surface area contributed by atoms with E-state index in [0.29, 0.717) is 29.5 Å². The molecule has 0 fully saturated rings. The fourth-order valence-electron chi connectivity index (χ4n) is 3.91. The zero-order valence-corrected chi connectivity index (χ0v) is 19.1. The molecule has 1 aliphatic rings. The van der Waals surface area contributed by atoms with E-state index in [2.05, 4.69) is 4.72 Å². The Morgan fingerprint density at radius 1 is 1.00 bits per heavy atom. The predicted molar refractivity (Wildman–Crippen MR) is 124 cm³/mol. The lowest BCUT2D eigenvalue weighted by Crippen LogP contribution is -2.29. The third-order valence-electron chi connectivity index (χ3n) is 5.35. The number of carbonyl (C=O) groups is 1. The number of aryl methyl sites for hydroxylation is 2. The monoisotopic (exact) mass is 452 g/mol. The molecule has 1 aliphatic heterocycles. The van der Waals surface area contributed by atoms with Crippen molar-refractivity contribution >= 4 is 27.3 Å². The van der Waals surface area contributed by atoms with Crippen LogP contribution < -0.4 is 19.1 Å². The lowest BCUT2D eigenvalue weighted by molar-refractivity contribution is 0.0988. The first-order chi connectivity index (χ1) is 15.2. The number of carbonyl (C=O) groups excluding carboxylic acids is 1. The highest BCUT2D eigenvalue weighted by Gasteiger charge is 2.28. The molecule has 1 N–H and O–H groups in total. The quantitative estimate of drug-likeness (QED) is 0.596. The van der Waals surface area contributed by atoms with Crippen LogP contribution in [-0.4, -0.2) is 28.0 Å². The number of rotatable bonds is 5. The van der Waals surface area contributed by atoms with Crippen molar-refractivity contribution in [2.45, 2.75) is 25.7 Å². The minimum atomic E-state index is -3.88. The number of ether oxygens (including phenoxy) is 2. The second-order valence-electron chi connectivity index (χ2n) is 7.53. The Balaban J connectivity index is 1.71. The SMILES string of the molecule is CCN1C(=O)c2cc(NS(=O)(=O)c3cc(C)c(OC)c(C)c3)ccc2Oc2ccccc21. The molecular formula is C24H24N2O5S. The van der Waals surface area contributed by atoms with E-state index >= 15 is 0 Å². The molecule has 8 heteroatoms. The molecule has 3 aromatic carbocycles. The maximum absolute atomic E-state index is 13.2. The van der Waals surface area contributed by atoms with Gasteiger partial charge < -0.3 is 14.4 Å². The van der Waals surface area contributed by atoms with Gasteiger partial charge in [-0.05, 0) is 74.4 Å². The summed E-state index contributed by atoms with van der Waals surface area (Å²) in [7, 11) is -2.33. The number of sulfonamides is 1. The van der Waals surface area contributed by atoms with Gasteiger partial charge in [-0.3, -0.25) is 9.52 Å². The van der Waals surface area contributed by atoms with Gasteiger partial charge in [-0.15, -0.1) is 0 Å². The van der Waals surface area contributed by atoms with E-state index in [-0.39, 0.29) is 22.1 Å². The number of nitrogens with one attached hydrogen (secondary N) is 1. The molecule has 0 saturated carbocycles. The maximum Gasteiger partial charge on any atom is 0.262 e. The minimum Gasteiger partial charge on any atom is -0.496 e. The fraction of sp³-hybridized carbons (Fsp3) is 0.208. The van der Waals surface area contributed by atoms with Crippen molar-refractivity contribution in [2.24, 2.45) is 0 Å². The van der Waals surface area contributed by atoms with Crippen molar-refractivity contribution in [3.8, 4) is 17.2 Å². The van der Waals surface area contributed by atoms with Crippen molar-refractivity contribution in [3.63, 3.8) is 0 Å². The fourth-order valence-corrected chi connectivity index (χ4v) is 5.12. The predicted octanol–water partition coefficient (Wildman–Crippen LogP) is 4.89. The standard InChI is InChI=1S/C24H24N2O5S/c1-5-26-20-8-6-7-9-22(20)31-21-11-10-17(14-19(21)24(26)27)25-32(28,29)18-12-15(2)23(30-4)16(3)13-18/h6-14,25H,5H2,1-4H3. The molecule has 0 unspecified atom stereocenters. The Morgan fingerprint density at radius 2 is 1.69 bits per heavy atom. The summed E-state index contributed by atoms with van der Waals surface area (Å²) >= 11 is 0. The number of anilines is 2. The molecule has 0 atom stereocenters. The Bertz CT molecular complexity index is 1290. The largest absolute Gasteiger partial charge is 0.496 e. The average Bonchev–Trinajstić information content (AvgIpc) is 2.87. The number of hydrogen-bond donors (Lipinski definition) is 1. The van der Waals surface area contributed by atoms with E-state index in [4.69, 9.17) is 9.47 Å². The molecule has 4 rings (SSSR count). The summed E-state index contributed by atoms with van der Waals surface area (Å²) in [5.41, 5.74) is 2.66. The number of para-hydroxylation sites is 2. The summed E-state index contributed by atoms with van der Waals surface area (Å²) < 4.78 is 40.0. The summed E-state index contributed by atoms with van der Waals surface area (Å²) in [5.74, 6) is 1.33. The van der Waals surface area contributed by atoms with Crippen LogP contribution in [-0.2, 0) is 10.0 Å². The van der Waals surface area contributed by atoms with Crippen LogP contribution in [0, 0.1) is 13.8 Å². The average molecular weight is 453 g/mol. The second-order valence-corrected chi connectivity index (χ2v) is 9.21. The van der Waals surface area contributed by atoms with Crippen LogP contribution in [0.15, 0.2) is 59.5 Å². The van der Waals surface area contributed by atoms with Crippen LogP contribution in [0.5, 0.6) is 17.2 Å². The summed E-state index contributed by atoms with van der Waals surface area (Å²) in [5, 5.41) is 0. The van der Waals surface area contributed by atoms with Crippen molar-refractivity contribution in [1.82, 2.24) is 0 Å². The van der Waals surface area contributed by atoms with Crippen LogP contribution in [0.1, 0.15) is 28.4 Å². The van der Waals surface area contributed by atoms with Crippen LogP contribution in [0.4, 0.5) is 11.4 Å².